The molecule has 1 rings (SSSR count). The Morgan fingerprint density at radius 2 is 2.25 bits per heavy atom. The molecule has 0 spiro atoms. The van der Waals surface area contributed by atoms with Gasteiger partial charge in [-0.05, 0) is 0 Å². The average molecular weight is 227 g/mol. The van der Waals surface area contributed by atoms with Gasteiger partial charge in [-0.15, -0.1) is 5.10 Å². The first kappa shape index (κ1) is 12.0. The van der Waals surface area contributed by atoms with E-state index in [2.05, 4.69) is 15.6 Å². The number of amides is 2. The fraction of sp³-hybridized carbons (Fsp3) is 0.500. The molecule has 0 aromatic carbocycles. The molecule has 0 aliphatic rings. The van der Waals surface area contributed by atoms with Crippen molar-refractivity contribution in [1.29, 1.82) is 0 Å². The fourth-order valence-electron chi connectivity index (χ4n) is 0.941. The number of rotatable bonds is 4. The summed E-state index contributed by atoms with van der Waals surface area (Å²) in [6.07, 6.45) is 1.31. The molecule has 0 aliphatic carbocycles. The smallest absolute Gasteiger partial charge is 0.358 e. The molecule has 1 aromatic heterocycles. The van der Waals surface area contributed by atoms with Crippen LogP contribution < -0.4 is 5.32 Å². The van der Waals surface area contributed by atoms with Crippen molar-refractivity contribution in [3.05, 3.63) is 11.9 Å². The molecule has 2 N–H and O–H groups in total. The van der Waals surface area contributed by atoms with Gasteiger partial charge in [-0.1, -0.05) is 5.21 Å². The van der Waals surface area contributed by atoms with Gasteiger partial charge in [0.05, 0.1) is 12.7 Å². The van der Waals surface area contributed by atoms with Gasteiger partial charge in [0.1, 0.15) is 0 Å². The Morgan fingerprint density at radius 1 is 1.56 bits per heavy atom. The van der Waals surface area contributed by atoms with Crippen molar-refractivity contribution in [3.63, 3.8) is 0 Å². The minimum absolute atomic E-state index is 0.112. The van der Waals surface area contributed by atoms with Gasteiger partial charge < -0.3 is 15.3 Å². The van der Waals surface area contributed by atoms with Gasteiger partial charge in [-0.3, -0.25) is 0 Å². The van der Waals surface area contributed by atoms with E-state index in [1.165, 1.54) is 15.8 Å². The summed E-state index contributed by atoms with van der Waals surface area (Å²) in [6, 6.07) is -0.210. The molecule has 88 valence electrons. The summed E-state index contributed by atoms with van der Waals surface area (Å²) in [4.78, 5) is 23.0. The lowest BCUT2D eigenvalue weighted by Crippen LogP contribution is -2.36. The molecule has 0 bridgehead atoms. The molecule has 0 aliphatic heterocycles. The lowest BCUT2D eigenvalue weighted by Gasteiger charge is -2.11. The highest BCUT2D eigenvalue weighted by atomic mass is 16.4. The summed E-state index contributed by atoms with van der Waals surface area (Å²) in [7, 11) is 3.26. The summed E-state index contributed by atoms with van der Waals surface area (Å²) in [6.45, 7) is 0.735. The van der Waals surface area contributed by atoms with E-state index in [9.17, 15) is 9.59 Å². The number of urea groups is 1. The van der Waals surface area contributed by atoms with E-state index in [-0.39, 0.29) is 11.7 Å². The van der Waals surface area contributed by atoms with Gasteiger partial charge in [0.15, 0.2) is 5.69 Å². The van der Waals surface area contributed by atoms with Crippen LogP contribution >= 0.6 is 0 Å². The fourth-order valence-corrected chi connectivity index (χ4v) is 0.941. The second-order valence-electron chi connectivity index (χ2n) is 3.30. The highest BCUT2D eigenvalue weighted by Crippen LogP contribution is 1.91. The molecule has 2 amide bonds. The van der Waals surface area contributed by atoms with Crippen molar-refractivity contribution < 1.29 is 14.7 Å². The molecule has 0 saturated heterocycles. The van der Waals surface area contributed by atoms with Crippen molar-refractivity contribution in [2.24, 2.45) is 0 Å². The maximum absolute atomic E-state index is 11.1. The first-order valence-electron chi connectivity index (χ1n) is 4.59. The summed E-state index contributed by atoms with van der Waals surface area (Å²) >= 11 is 0. The highest BCUT2D eigenvalue weighted by Gasteiger charge is 2.08. The minimum atomic E-state index is -1.12. The summed E-state index contributed by atoms with van der Waals surface area (Å²) < 4.78 is 1.36. The average Bonchev–Trinajstić information content (AvgIpc) is 2.66. The molecular weight excluding hydrogens is 214 g/mol. The maximum Gasteiger partial charge on any atom is 0.358 e. The van der Waals surface area contributed by atoms with Crippen LogP contribution in [0.4, 0.5) is 4.79 Å². The third-order valence-electron chi connectivity index (χ3n) is 1.78. The number of carboxylic acids is 1. The quantitative estimate of drug-likeness (QED) is 0.704. The van der Waals surface area contributed by atoms with E-state index in [1.807, 2.05) is 0 Å². The number of hydrogen-bond acceptors (Lipinski definition) is 4. The van der Waals surface area contributed by atoms with E-state index in [0.29, 0.717) is 13.1 Å². The van der Waals surface area contributed by atoms with Crippen molar-refractivity contribution in [1.82, 2.24) is 25.2 Å². The van der Waals surface area contributed by atoms with E-state index < -0.39 is 5.97 Å². The van der Waals surface area contributed by atoms with Gasteiger partial charge >= 0.3 is 12.0 Å². The Morgan fingerprint density at radius 3 is 2.75 bits per heavy atom. The first-order chi connectivity index (χ1) is 7.50. The molecule has 0 fully saturated rings. The predicted octanol–water partition coefficient (Wildman–Crippen LogP) is -0.752. The molecule has 1 heterocycles. The molecule has 16 heavy (non-hydrogen) atoms. The molecular formula is C8H13N5O3. The van der Waals surface area contributed by atoms with Gasteiger partial charge in [0.25, 0.3) is 0 Å². The minimum Gasteiger partial charge on any atom is -0.476 e. The normalized spacial score (nSPS) is 9.88. The third-order valence-corrected chi connectivity index (χ3v) is 1.78. The molecule has 0 radical (unpaired) electrons. The highest BCUT2D eigenvalue weighted by molar-refractivity contribution is 5.84. The van der Waals surface area contributed by atoms with Crippen LogP contribution in [0.3, 0.4) is 0 Å². The van der Waals surface area contributed by atoms with Crippen molar-refractivity contribution in [2.75, 3.05) is 20.6 Å². The van der Waals surface area contributed by atoms with Crippen LogP contribution in [-0.4, -0.2) is 57.6 Å². The van der Waals surface area contributed by atoms with Gasteiger partial charge in [-0.2, -0.15) is 0 Å². The summed E-state index contributed by atoms with van der Waals surface area (Å²) in [5, 5.41) is 18.3. The standard InChI is InChI=1S/C8H13N5O3/c1-12(2)8(16)9-3-4-13-5-6(7(14)15)10-11-13/h5H,3-4H2,1-2H3,(H,9,16)(H,14,15). The molecule has 8 heteroatoms. The molecule has 0 atom stereocenters. The van der Waals surface area contributed by atoms with E-state index in [4.69, 9.17) is 5.11 Å². The van der Waals surface area contributed by atoms with E-state index in [1.54, 1.807) is 14.1 Å². The second-order valence-corrected chi connectivity index (χ2v) is 3.30. The lowest BCUT2D eigenvalue weighted by molar-refractivity contribution is 0.0690. The number of nitrogens with zero attached hydrogens (tertiary/aromatic N) is 4. The maximum atomic E-state index is 11.1. The van der Waals surface area contributed by atoms with Crippen LogP contribution in [-0.2, 0) is 6.54 Å². The van der Waals surface area contributed by atoms with Crippen LogP contribution in [0.25, 0.3) is 0 Å². The number of aromatic carboxylic acids is 1. The number of carboxylic acid groups (broad SMARTS) is 1. The SMILES string of the molecule is CN(C)C(=O)NCCn1cc(C(=O)O)nn1. The summed E-state index contributed by atoms with van der Waals surface area (Å²) in [5.41, 5.74) is -0.112. The zero-order valence-corrected chi connectivity index (χ0v) is 9.04. The number of nitrogens with one attached hydrogen (secondary N) is 1. The number of carbonyl (C=O) groups excluding carboxylic acids is 1. The number of hydrogen-bond donors (Lipinski definition) is 2. The molecule has 8 nitrogen and oxygen atoms in total. The Labute approximate surface area is 91.8 Å². The molecule has 1 aromatic rings. The van der Waals surface area contributed by atoms with Crippen molar-refractivity contribution in [2.45, 2.75) is 6.54 Å². The van der Waals surface area contributed by atoms with Crippen LogP contribution in [0, 0.1) is 0 Å². The van der Waals surface area contributed by atoms with Gasteiger partial charge in [0.2, 0.25) is 0 Å². The van der Waals surface area contributed by atoms with E-state index >= 15 is 0 Å². The Kier molecular flexibility index (Phi) is 3.81. The Balaban J connectivity index is 2.37. The second kappa shape index (κ2) is 5.10. The topological polar surface area (TPSA) is 100 Å². The third kappa shape index (κ3) is 3.23. The van der Waals surface area contributed by atoms with Crippen LogP contribution in [0.15, 0.2) is 6.20 Å². The summed E-state index contributed by atoms with van der Waals surface area (Å²) in [5.74, 6) is -1.12. The van der Waals surface area contributed by atoms with Crippen LogP contribution in [0.2, 0.25) is 0 Å². The zero-order chi connectivity index (χ0) is 12.1. The Hall–Kier alpha value is -2.12. The van der Waals surface area contributed by atoms with Gasteiger partial charge in [-0.25, -0.2) is 14.3 Å². The van der Waals surface area contributed by atoms with Gasteiger partial charge in [0, 0.05) is 20.6 Å². The van der Waals surface area contributed by atoms with Crippen LogP contribution in [0.5, 0.6) is 0 Å². The number of aromatic nitrogens is 3. The largest absolute Gasteiger partial charge is 0.476 e. The van der Waals surface area contributed by atoms with Crippen molar-refractivity contribution in [3.8, 4) is 0 Å². The molecule has 0 unspecified atom stereocenters. The zero-order valence-electron chi connectivity index (χ0n) is 9.04. The van der Waals surface area contributed by atoms with Crippen LogP contribution in [0.1, 0.15) is 10.5 Å². The van der Waals surface area contributed by atoms with Crippen molar-refractivity contribution >= 4 is 12.0 Å². The monoisotopic (exact) mass is 227 g/mol. The first-order valence-corrected chi connectivity index (χ1v) is 4.59. The molecule has 0 saturated carbocycles. The predicted molar refractivity (Wildman–Crippen MR) is 54.1 cm³/mol. The van der Waals surface area contributed by atoms with E-state index in [0.717, 1.165) is 0 Å². The lowest BCUT2D eigenvalue weighted by atomic mass is 10.5. The Bertz CT molecular complexity index is 387. The number of carbonyl (C=O) groups is 2.